The largest absolute Gasteiger partial charge is 0.291 e. The fourth-order valence-electron chi connectivity index (χ4n) is 3.33. The van der Waals surface area contributed by atoms with Crippen LogP contribution in [0.4, 0.5) is 5.69 Å². The molecule has 0 saturated carbocycles. The van der Waals surface area contributed by atoms with E-state index in [9.17, 15) is 10.1 Å². The molecule has 23 heavy (non-hydrogen) atoms. The van der Waals surface area contributed by atoms with Crippen LogP contribution in [0.5, 0.6) is 0 Å². The third kappa shape index (κ3) is 2.18. The number of fused-ring (bicyclic) bond motifs is 3. The lowest BCUT2D eigenvalue weighted by Crippen LogP contribution is -1.95. The molecule has 3 nitrogen and oxygen atoms in total. The number of nitrogens with zero attached hydrogens (tertiary/aromatic N) is 1. The lowest BCUT2D eigenvalue weighted by atomic mass is 9.95. The summed E-state index contributed by atoms with van der Waals surface area (Å²) in [5, 5.41) is 11.5. The van der Waals surface area contributed by atoms with Crippen LogP contribution in [0.1, 0.15) is 11.1 Å². The van der Waals surface area contributed by atoms with Gasteiger partial charge in [0, 0.05) is 0 Å². The third-order valence-corrected chi connectivity index (χ3v) is 4.95. The maximum absolute atomic E-state index is 11.5. The molecule has 4 heteroatoms. The summed E-state index contributed by atoms with van der Waals surface area (Å²) in [5.41, 5.74) is 6.55. The minimum absolute atomic E-state index is 0.122. The molecule has 1 aliphatic carbocycles. The lowest BCUT2D eigenvalue weighted by molar-refractivity contribution is -0.385. The molecule has 112 valence electrons. The highest BCUT2D eigenvalue weighted by atomic mass is 79.9. The lowest BCUT2D eigenvalue weighted by Gasteiger charge is -2.10. The van der Waals surface area contributed by atoms with Crippen molar-refractivity contribution in [2.45, 2.75) is 6.42 Å². The first-order chi connectivity index (χ1) is 11.2. The van der Waals surface area contributed by atoms with E-state index >= 15 is 0 Å². The Bertz CT molecular complexity index is 950. The maximum atomic E-state index is 11.5. The minimum atomic E-state index is -0.319. The molecule has 0 aromatic heterocycles. The van der Waals surface area contributed by atoms with Crippen LogP contribution in [-0.4, -0.2) is 4.92 Å². The van der Waals surface area contributed by atoms with Crippen molar-refractivity contribution in [2.75, 3.05) is 0 Å². The Labute approximate surface area is 141 Å². The van der Waals surface area contributed by atoms with Crippen LogP contribution in [-0.2, 0) is 6.42 Å². The molecule has 0 saturated heterocycles. The van der Waals surface area contributed by atoms with E-state index in [1.54, 1.807) is 6.07 Å². The number of para-hydroxylation sites is 1. The molecule has 0 unspecified atom stereocenters. The standard InChI is InChI=1S/C19H12BrNO2/c20-18-10-4-9-16(19(18)21(22)23)15-8-3-7-14-13-6-2-1-5-12(13)11-17(14)15/h1-10H,11H2. The van der Waals surface area contributed by atoms with E-state index in [0.717, 1.165) is 17.5 Å². The van der Waals surface area contributed by atoms with Crippen LogP contribution in [0.25, 0.3) is 22.3 Å². The highest BCUT2D eigenvalue weighted by Gasteiger charge is 2.25. The number of benzene rings is 3. The van der Waals surface area contributed by atoms with Crippen LogP contribution in [0.3, 0.4) is 0 Å². The number of hydrogen-bond acceptors (Lipinski definition) is 2. The number of rotatable bonds is 2. The second-order valence-corrected chi connectivity index (χ2v) is 6.41. The Hall–Kier alpha value is -2.46. The van der Waals surface area contributed by atoms with E-state index in [-0.39, 0.29) is 10.6 Å². The molecule has 1 aliphatic rings. The number of hydrogen-bond donors (Lipinski definition) is 0. The van der Waals surface area contributed by atoms with Gasteiger partial charge in [0.15, 0.2) is 0 Å². The van der Waals surface area contributed by atoms with E-state index in [1.165, 1.54) is 16.7 Å². The molecule has 0 heterocycles. The van der Waals surface area contributed by atoms with Gasteiger partial charge in [0.2, 0.25) is 0 Å². The van der Waals surface area contributed by atoms with E-state index in [0.29, 0.717) is 10.0 Å². The monoisotopic (exact) mass is 365 g/mol. The van der Waals surface area contributed by atoms with E-state index in [2.05, 4.69) is 34.1 Å². The Morgan fingerprint density at radius 1 is 0.826 bits per heavy atom. The summed E-state index contributed by atoms with van der Waals surface area (Å²) < 4.78 is 0.508. The quantitative estimate of drug-likeness (QED) is 0.343. The fourth-order valence-corrected chi connectivity index (χ4v) is 3.84. The van der Waals surface area contributed by atoms with Gasteiger partial charge in [0.05, 0.1) is 15.0 Å². The summed E-state index contributed by atoms with van der Waals surface area (Å²) in [6, 6.07) is 19.7. The second kappa shape index (κ2) is 5.32. The summed E-state index contributed by atoms with van der Waals surface area (Å²) in [7, 11) is 0. The molecule has 4 rings (SSSR count). The fraction of sp³-hybridized carbons (Fsp3) is 0.0526. The van der Waals surface area contributed by atoms with Gasteiger partial charge in [-0.3, -0.25) is 10.1 Å². The molecule has 0 radical (unpaired) electrons. The summed E-state index contributed by atoms with van der Waals surface area (Å²) in [4.78, 5) is 11.2. The predicted octanol–water partition coefficient (Wildman–Crippen LogP) is 5.60. The smallest absolute Gasteiger partial charge is 0.258 e. The van der Waals surface area contributed by atoms with Crippen molar-refractivity contribution in [3.05, 3.63) is 86.4 Å². The highest BCUT2D eigenvalue weighted by molar-refractivity contribution is 9.10. The molecule has 3 aromatic carbocycles. The summed E-state index contributed by atoms with van der Waals surface area (Å²) in [6.07, 6.45) is 0.811. The maximum Gasteiger partial charge on any atom is 0.291 e. The summed E-state index contributed by atoms with van der Waals surface area (Å²) >= 11 is 3.31. The van der Waals surface area contributed by atoms with Crippen LogP contribution in [0, 0.1) is 10.1 Å². The molecule has 0 atom stereocenters. The average molecular weight is 366 g/mol. The van der Waals surface area contributed by atoms with Gasteiger partial charge in [-0.25, -0.2) is 0 Å². The number of halogens is 1. The molecule has 0 bridgehead atoms. The molecule has 0 aliphatic heterocycles. The molecule has 0 spiro atoms. The zero-order chi connectivity index (χ0) is 16.0. The van der Waals surface area contributed by atoms with Gasteiger partial charge >= 0.3 is 0 Å². The van der Waals surface area contributed by atoms with Gasteiger partial charge in [0.1, 0.15) is 0 Å². The van der Waals surface area contributed by atoms with Crippen molar-refractivity contribution < 1.29 is 4.92 Å². The van der Waals surface area contributed by atoms with Gasteiger partial charge in [-0.2, -0.15) is 0 Å². The SMILES string of the molecule is O=[N+]([O-])c1c(Br)cccc1-c1cccc2c1Cc1ccccc1-2. The second-order valence-electron chi connectivity index (χ2n) is 5.56. The average Bonchev–Trinajstić information content (AvgIpc) is 2.93. The number of nitro groups is 1. The van der Waals surface area contributed by atoms with Crippen LogP contribution < -0.4 is 0 Å². The first kappa shape index (κ1) is 14.2. The van der Waals surface area contributed by atoms with Crippen LogP contribution >= 0.6 is 15.9 Å². The first-order valence-corrected chi connectivity index (χ1v) is 8.09. The van der Waals surface area contributed by atoms with Crippen molar-refractivity contribution in [1.82, 2.24) is 0 Å². The molecular weight excluding hydrogens is 354 g/mol. The first-order valence-electron chi connectivity index (χ1n) is 7.30. The van der Waals surface area contributed by atoms with Gasteiger partial charge < -0.3 is 0 Å². The third-order valence-electron chi connectivity index (χ3n) is 4.31. The topological polar surface area (TPSA) is 43.1 Å². The predicted molar refractivity (Wildman–Crippen MR) is 94.5 cm³/mol. The summed E-state index contributed by atoms with van der Waals surface area (Å²) in [6.45, 7) is 0. The summed E-state index contributed by atoms with van der Waals surface area (Å²) in [5.74, 6) is 0. The van der Waals surface area contributed by atoms with Crippen molar-refractivity contribution in [1.29, 1.82) is 0 Å². The minimum Gasteiger partial charge on any atom is -0.258 e. The molecule has 0 amide bonds. The van der Waals surface area contributed by atoms with Crippen LogP contribution in [0.15, 0.2) is 65.1 Å². The van der Waals surface area contributed by atoms with Gasteiger partial charge in [-0.05, 0) is 62.3 Å². The van der Waals surface area contributed by atoms with E-state index < -0.39 is 0 Å². The number of nitro benzene ring substituents is 1. The molecule has 0 N–H and O–H groups in total. The van der Waals surface area contributed by atoms with Crippen molar-refractivity contribution >= 4 is 21.6 Å². The van der Waals surface area contributed by atoms with Crippen molar-refractivity contribution in [3.8, 4) is 22.3 Å². The Kier molecular flexibility index (Phi) is 3.27. The highest BCUT2D eigenvalue weighted by Crippen LogP contribution is 2.44. The zero-order valence-corrected chi connectivity index (χ0v) is 13.7. The van der Waals surface area contributed by atoms with Gasteiger partial charge in [-0.15, -0.1) is 0 Å². The van der Waals surface area contributed by atoms with Gasteiger partial charge in [0.25, 0.3) is 5.69 Å². The van der Waals surface area contributed by atoms with Crippen molar-refractivity contribution in [2.24, 2.45) is 0 Å². The molecule has 3 aromatic rings. The van der Waals surface area contributed by atoms with Gasteiger partial charge in [-0.1, -0.05) is 48.5 Å². The van der Waals surface area contributed by atoms with E-state index in [4.69, 9.17) is 0 Å². The van der Waals surface area contributed by atoms with Crippen molar-refractivity contribution in [3.63, 3.8) is 0 Å². The molecule has 0 fully saturated rings. The van der Waals surface area contributed by atoms with E-state index in [1.807, 2.05) is 36.4 Å². The van der Waals surface area contributed by atoms with Crippen LogP contribution in [0.2, 0.25) is 0 Å². The Balaban J connectivity index is 1.98. The normalized spacial score (nSPS) is 11.9. The Morgan fingerprint density at radius 3 is 2.22 bits per heavy atom. The Morgan fingerprint density at radius 2 is 1.43 bits per heavy atom. The zero-order valence-electron chi connectivity index (χ0n) is 12.1. The molecular formula is C19H12BrNO2.